The summed E-state index contributed by atoms with van der Waals surface area (Å²) in [7, 11) is 0. The Kier molecular flexibility index (Phi) is 754. The van der Waals surface area contributed by atoms with Crippen LogP contribution in [0.3, 0.4) is 0 Å². The molecule has 0 aromatic carbocycles. The van der Waals surface area contributed by atoms with Gasteiger partial charge in [0.25, 0.3) is 0 Å². The Morgan fingerprint density at radius 1 is 0.800 bits per heavy atom. The quantitative estimate of drug-likeness (QED) is 0.743. The summed E-state index contributed by atoms with van der Waals surface area (Å²) in [5.41, 5.74) is 0. The van der Waals surface area contributed by atoms with Crippen molar-refractivity contribution in [3.63, 3.8) is 0 Å². The fourth-order valence-electron chi connectivity index (χ4n) is 0. The van der Waals surface area contributed by atoms with Crippen molar-refractivity contribution in [3.8, 4) is 0 Å². The monoisotopic (exact) mass is 315 g/mol. The minimum atomic E-state index is -1.81. The summed E-state index contributed by atoms with van der Waals surface area (Å²) in [5, 5.41) is 0. The first-order valence-corrected chi connectivity index (χ1v) is 2.01. The third-order valence-corrected chi connectivity index (χ3v) is 0. The molecule has 1 N–H and O–H groups in total. The van der Waals surface area contributed by atoms with Crippen LogP contribution in [0, 0.1) is 0 Å². The van der Waals surface area contributed by atoms with Crippen LogP contribution in [0.15, 0.2) is 0 Å². The van der Waals surface area contributed by atoms with Crippen LogP contribution in [-0.2, 0) is 23.5 Å². The Balaban J connectivity index is -0.00000000246. The standard InChI is InChI=1S/ClHO.5ClH.2O.V/c1-2;;;;;;;;/h2H;5*1H;;;. The molecule has 0 aromatic rings. The van der Waals surface area contributed by atoms with Gasteiger partial charge >= 0.3 is 23.5 Å². The summed E-state index contributed by atoms with van der Waals surface area (Å²) in [6, 6.07) is 0. The molecular weight excluding hydrogens is 312 g/mol. The van der Waals surface area contributed by atoms with Crippen LogP contribution in [0.4, 0.5) is 0 Å². The number of hydrogen-bond donors (Lipinski definition) is 1. The van der Waals surface area contributed by atoms with Gasteiger partial charge in [-0.1, -0.05) is 0 Å². The molecule has 0 heterocycles. The molecular formula is H6Cl6O3V. The fraction of sp³-hybridized carbons (Fsp3) is 0. The van der Waals surface area contributed by atoms with Gasteiger partial charge in [0.2, 0.25) is 0 Å². The molecule has 10 heavy (non-hydrogen) atoms. The summed E-state index contributed by atoms with van der Waals surface area (Å²) in [6.07, 6.45) is 0. The van der Waals surface area contributed by atoms with Gasteiger partial charge in [0.05, 0.1) is 11.9 Å². The van der Waals surface area contributed by atoms with Crippen molar-refractivity contribution >= 4 is 73.9 Å². The van der Waals surface area contributed by atoms with E-state index in [1.807, 2.05) is 0 Å². The maximum atomic E-state index is 8.47. The molecule has 0 aromatic heterocycles. The van der Waals surface area contributed by atoms with E-state index < -0.39 is 16.2 Å². The second-order valence-corrected chi connectivity index (χ2v) is 0.307. The number of rotatable bonds is 0. The van der Waals surface area contributed by atoms with Crippen molar-refractivity contribution in [1.82, 2.24) is 0 Å². The summed E-state index contributed by atoms with van der Waals surface area (Å²) in [4.78, 5) is 0. The molecule has 71 valence electrons. The molecule has 0 radical (unpaired) electrons. The molecule has 0 aliphatic rings. The van der Waals surface area contributed by atoms with E-state index in [2.05, 4.69) is 11.9 Å². The Hall–Kier alpha value is 1.88. The molecule has 0 saturated heterocycles. The van der Waals surface area contributed by atoms with Gasteiger partial charge in [-0.05, 0) is 0 Å². The molecule has 0 spiro atoms. The molecule has 10 heteroatoms. The van der Waals surface area contributed by atoms with E-state index >= 15 is 0 Å². The van der Waals surface area contributed by atoms with E-state index in [1.165, 1.54) is 0 Å². The molecule has 3 nitrogen and oxygen atoms in total. The summed E-state index contributed by atoms with van der Waals surface area (Å²) in [5.74, 6) is 0. The number of halogens is 6. The normalized spacial score (nSPS) is 1.40. The van der Waals surface area contributed by atoms with Crippen LogP contribution < -0.4 is 0 Å². The predicted octanol–water partition coefficient (Wildman–Crippen LogP) is 2.00. The predicted molar refractivity (Wildman–Crippen MR) is 45.7 cm³/mol. The van der Waals surface area contributed by atoms with Crippen molar-refractivity contribution in [1.29, 1.82) is 0 Å². The average Bonchev–Trinajstić information content (AvgIpc) is 1.46. The van der Waals surface area contributed by atoms with Gasteiger partial charge in [-0.2, -0.15) is 0 Å². The van der Waals surface area contributed by atoms with Gasteiger partial charge in [0.15, 0.2) is 0 Å². The molecule has 0 aliphatic carbocycles. The second kappa shape index (κ2) is 128. The van der Waals surface area contributed by atoms with Gasteiger partial charge in [0, 0.05) is 0 Å². The zero-order valence-electron chi connectivity index (χ0n) is 4.13. The van der Waals surface area contributed by atoms with E-state index in [4.69, 9.17) is 12.0 Å². The summed E-state index contributed by atoms with van der Waals surface area (Å²) in [6.45, 7) is 0. The Labute approximate surface area is 101 Å². The third kappa shape index (κ3) is 220. The van der Waals surface area contributed by atoms with E-state index in [0.29, 0.717) is 0 Å². The average molecular weight is 318 g/mol. The fourth-order valence-corrected chi connectivity index (χ4v) is 0. The topological polar surface area (TPSA) is 54.4 Å². The van der Waals surface area contributed by atoms with Crippen molar-refractivity contribution in [3.05, 3.63) is 0 Å². The van der Waals surface area contributed by atoms with Crippen LogP contribution in [0.25, 0.3) is 0 Å². The van der Waals surface area contributed by atoms with Gasteiger partial charge in [-0.15, -0.1) is 62.0 Å². The van der Waals surface area contributed by atoms with Gasteiger partial charge in [0.1, 0.15) is 0 Å². The van der Waals surface area contributed by atoms with E-state index in [9.17, 15) is 0 Å². The minimum absolute atomic E-state index is 0. The van der Waals surface area contributed by atoms with Crippen molar-refractivity contribution < 1.29 is 28.2 Å². The first-order valence-electron chi connectivity index (χ1n) is 0.534. The molecule has 0 saturated carbocycles. The summed E-state index contributed by atoms with van der Waals surface area (Å²) >= 11 is 1.83. The molecule has 0 atom stereocenters. The van der Waals surface area contributed by atoms with Crippen LogP contribution in [0.5, 0.6) is 0 Å². The van der Waals surface area contributed by atoms with Crippen molar-refractivity contribution in [2.24, 2.45) is 0 Å². The SMILES string of the molecule is Cl.Cl.Cl.Cl.Cl.OCl.[O]=[V]=[O]. The zero-order valence-corrected chi connectivity index (χ0v) is 10.4. The van der Waals surface area contributed by atoms with E-state index in [1.54, 1.807) is 0 Å². The van der Waals surface area contributed by atoms with Crippen LogP contribution in [-0.4, -0.2) is 4.66 Å². The van der Waals surface area contributed by atoms with Crippen LogP contribution >= 0.6 is 73.9 Å². The van der Waals surface area contributed by atoms with E-state index in [-0.39, 0.29) is 62.0 Å². The van der Waals surface area contributed by atoms with Crippen LogP contribution in [0.2, 0.25) is 0 Å². The molecule has 0 unspecified atom stereocenters. The first-order chi connectivity index (χ1) is 2.41. The first kappa shape index (κ1) is 59.0. The molecule has 0 aliphatic heterocycles. The van der Waals surface area contributed by atoms with Crippen molar-refractivity contribution in [2.75, 3.05) is 0 Å². The maximum absolute atomic E-state index is 8.47. The third-order valence-electron chi connectivity index (χ3n) is 0. The Bertz CT molecular complexity index is 34.0. The Morgan fingerprint density at radius 3 is 0.800 bits per heavy atom. The van der Waals surface area contributed by atoms with Crippen LogP contribution in [0.1, 0.15) is 0 Å². The van der Waals surface area contributed by atoms with E-state index in [0.717, 1.165) is 0 Å². The number of hydrogen-bond acceptors (Lipinski definition) is 3. The second-order valence-electron chi connectivity index (χ2n) is 0.0745. The Morgan fingerprint density at radius 2 is 0.800 bits per heavy atom. The van der Waals surface area contributed by atoms with Crippen molar-refractivity contribution in [2.45, 2.75) is 0 Å². The van der Waals surface area contributed by atoms with Gasteiger partial charge in [-0.25, -0.2) is 0 Å². The molecule has 0 fully saturated rings. The van der Waals surface area contributed by atoms with Gasteiger partial charge in [-0.3, -0.25) is 4.66 Å². The molecule has 0 bridgehead atoms. The zero-order chi connectivity index (χ0) is 4.71. The molecule has 0 amide bonds. The summed E-state index contributed by atoms with van der Waals surface area (Å²) < 4.78 is 23.4. The molecule has 0 rings (SSSR count). The van der Waals surface area contributed by atoms with Gasteiger partial charge < -0.3 is 0 Å².